The summed E-state index contributed by atoms with van der Waals surface area (Å²) in [5, 5.41) is 0. The molecular formula is C35H43NO4. The second kappa shape index (κ2) is 13.3. The molecule has 1 heterocycles. The summed E-state index contributed by atoms with van der Waals surface area (Å²) in [6.45, 7) is 10.6. The van der Waals surface area contributed by atoms with Gasteiger partial charge >= 0.3 is 6.09 Å². The lowest BCUT2D eigenvalue weighted by molar-refractivity contribution is -0.0500. The van der Waals surface area contributed by atoms with Crippen LogP contribution in [0.4, 0.5) is 4.79 Å². The van der Waals surface area contributed by atoms with Crippen molar-refractivity contribution in [3.63, 3.8) is 0 Å². The third kappa shape index (κ3) is 7.01. The maximum atomic E-state index is 13.6. The Kier molecular flexibility index (Phi) is 9.83. The molecule has 2 atom stereocenters. The number of nitrogens with zero attached hydrogens (tertiary/aromatic N) is 1. The number of amides is 1. The van der Waals surface area contributed by atoms with Crippen molar-refractivity contribution >= 4 is 12.2 Å². The van der Waals surface area contributed by atoms with Crippen LogP contribution in [0.2, 0.25) is 0 Å². The summed E-state index contributed by atoms with van der Waals surface area (Å²) in [6, 6.07) is 28.5. The molecule has 3 aromatic rings. The van der Waals surface area contributed by atoms with Gasteiger partial charge in [-0.1, -0.05) is 97.6 Å². The average Bonchev–Trinajstić information content (AvgIpc) is 3.39. The minimum Gasteiger partial charge on any atom is -0.444 e. The SMILES string of the molecule is C=Cc1ccc(CCCCO[C@@H]2C[C@@H](C(OC)(c3ccccc3)c3ccccc3)N(C(=O)OC(C)(C)C)C2)cc1. The van der Waals surface area contributed by atoms with Crippen LogP contribution in [-0.4, -0.2) is 49.0 Å². The highest BCUT2D eigenvalue weighted by molar-refractivity contribution is 5.70. The van der Waals surface area contributed by atoms with E-state index in [9.17, 15) is 4.79 Å². The van der Waals surface area contributed by atoms with Gasteiger partial charge in [0.2, 0.25) is 0 Å². The van der Waals surface area contributed by atoms with E-state index in [1.165, 1.54) is 5.56 Å². The molecular weight excluding hydrogens is 498 g/mol. The Bertz CT molecular complexity index is 1180. The van der Waals surface area contributed by atoms with Crippen LogP contribution < -0.4 is 0 Å². The van der Waals surface area contributed by atoms with Gasteiger partial charge in [0.1, 0.15) is 11.2 Å². The maximum absolute atomic E-state index is 13.6. The monoisotopic (exact) mass is 541 g/mol. The molecule has 0 N–H and O–H groups in total. The number of likely N-dealkylation sites (tertiary alicyclic amines) is 1. The molecule has 0 aliphatic carbocycles. The first kappa shape index (κ1) is 29.6. The summed E-state index contributed by atoms with van der Waals surface area (Å²) >= 11 is 0. The Morgan fingerprint density at radius 2 is 1.52 bits per heavy atom. The number of aryl methyl sites for hydroxylation is 1. The van der Waals surface area contributed by atoms with Gasteiger partial charge in [-0.15, -0.1) is 0 Å². The van der Waals surface area contributed by atoms with Crippen molar-refractivity contribution in [3.8, 4) is 0 Å². The summed E-state index contributed by atoms with van der Waals surface area (Å²) in [5.74, 6) is 0. The minimum atomic E-state index is -0.880. The van der Waals surface area contributed by atoms with Crippen LogP contribution in [0, 0.1) is 0 Å². The molecule has 0 aromatic heterocycles. The Morgan fingerprint density at radius 1 is 0.925 bits per heavy atom. The Morgan fingerprint density at radius 3 is 2.05 bits per heavy atom. The summed E-state index contributed by atoms with van der Waals surface area (Å²) in [7, 11) is 1.73. The van der Waals surface area contributed by atoms with Gasteiger partial charge in [0.15, 0.2) is 0 Å². The van der Waals surface area contributed by atoms with Crippen molar-refractivity contribution in [1.82, 2.24) is 4.90 Å². The number of rotatable bonds is 11. The third-order valence-corrected chi connectivity index (χ3v) is 7.52. The minimum absolute atomic E-state index is 0.119. The van der Waals surface area contributed by atoms with Crippen molar-refractivity contribution in [2.45, 2.75) is 69.8 Å². The van der Waals surface area contributed by atoms with Gasteiger partial charge in [0.05, 0.1) is 18.7 Å². The Balaban J connectivity index is 1.53. The molecule has 0 spiro atoms. The number of hydrogen-bond donors (Lipinski definition) is 0. The zero-order valence-electron chi connectivity index (χ0n) is 24.3. The lowest BCUT2D eigenvalue weighted by atomic mass is 9.78. The number of carbonyl (C=O) groups is 1. The molecule has 0 bridgehead atoms. The number of unbranched alkanes of at least 4 members (excludes halogenated alkanes) is 1. The van der Waals surface area contributed by atoms with E-state index in [1.54, 1.807) is 7.11 Å². The first-order valence-electron chi connectivity index (χ1n) is 14.3. The maximum Gasteiger partial charge on any atom is 0.410 e. The van der Waals surface area contributed by atoms with E-state index in [2.05, 4.69) is 55.1 Å². The topological polar surface area (TPSA) is 48.0 Å². The van der Waals surface area contributed by atoms with Crippen molar-refractivity contribution in [2.24, 2.45) is 0 Å². The van der Waals surface area contributed by atoms with E-state index >= 15 is 0 Å². The molecule has 3 aromatic carbocycles. The van der Waals surface area contributed by atoms with Gasteiger partial charge in [-0.2, -0.15) is 0 Å². The van der Waals surface area contributed by atoms with Crippen molar-refractivity contribution in [1.29, 1.82) is 0 Å². The fourth-order valence-corrected chi connectivity index (χ4v) is 5.62. The molecule has 1 aliphatic heterocycles. The van der Waals surface area contributed by atoms with Gasteiger partial charge in [-0.05, 0) is 68.7 Å². The largest absolute Gasteiger partial charge is 0.444 e. The van der Waals surface area contributed by atoms with E-state index in [-0.39, 0.29) is 18.2 Å². The van der Waals surface area contributed by atoms with Gasteiger partial charge in [-0.3, -0.25) is 4.90 Å². The average molecular weight is 542 g/mol. The van der Waals surface area contributed by atoms with Gasteiger partial charge < -0.3 is 14.2 Å². The number of carbonyl (C=O) groups excluding carboxylic acids is 1. The third-order valence-electron chi connectivity index (χ3n) is 7.52. The molecule has 1 amide bonds. The molecule has 0 radical (unpaired) electrons. The molecule has 1 fully saturated rings. The van der Waals surface area contributed by atoms with Crippen LogP contribution >= 0.6 is 0 Å². The zero-order valence-corrected chi connectivity index (χ0v) is 24.3. The molecule has 5 heteroatoms. The first-order chi connectivity index (χ1) is 19.3. The lowest BCUT2D eigenvalue weighted by Gasteiger charge is -2.42. The van der Waals surface area contributed by atoms with E-state index in [1.807, 2.05) is 68.1 Å². The fourth-order valence-electron chi connectivity index (χ4n) is 5.62. The number of methoxy groups -OCH3 is 1. The van der Waals surface area contributed by atoms with Crippen LogP contribution in [0.5, 0.6) is 0 Å². The van der Waals surface area contributed by atoms with Crippen molar-refractivity contribution < 1.29 is 19.0 Å². The van der Waals surface area contributed by atoms with Crippen LogP contribution in [-0.2, 0) is 26.2 Å². The van der Waals surface area contributed by atoms with Crippen LogP contribution in [0.3, 0.4) is 0 Å². The molecule has 212 valence electrons. The summed E-state index contributed by atoms with van der Waals surface area (Å²) in [4.78, 5) is 15.4. The molecule has 5 nitrogen and oxygen atoms in total. The summed E-state index contributed by atoms with van der Waals surface area (Å²) in [6.07, 6.45) is 5.03. The Labute approximate surface area is 239 Å². The quantitative estimate of drug-likeness (QED) is 0.234. The normalized spacial score (nSPS) is 17.6. The Hall–Kier alpha value is -3.41. The molecule has 40 heavy (non-hydrogen) atoms. The summed E-state index contributed by atoms with van der Waals surface area (Å²) < 4.78 is 18.8. The van der Waals surface area contributed by atoms with Crippen LogP contribution in [0.15, 0.2) is 91.5 Å². The highest BCUT2D eigenvalue weighted by Gasteiger charge is 2.52. The highest BCUT2D eigenvalue weighted by atomic mass is 16.6. The van der Waals surface area contributed by atoms with E-state index in [4.69, 9.17) is 14.2 Å². The second-order valence-electron chi connectivity index (χ2n) is 11.5. The van der Waals surface area contributed by atoms with Gasteiger partial charge in [0.25, 0.3) is 0 Å². The molecule has 0 saturated carbocycles. The smallest absolute Gasteiger partial charge is 0.410 e. The number of benzene rings is 3. The van der Waals surface area contributed by atoms with Crippen LogP contribution in [0.1, 0.15) is 62.3 Å². The molecule has 4 rings (SSSR count). The molecule has 1 aliphatic rings. The van der Waals surface area contributed by atoms with E-state index in [0.29, 0.717) is 19.6 Å². The highest BCUT2D eigenvalue weighted by Crippen LogP contribution is 2.44. The second-order valence-corrected chi connectivity index (χ2v) is 11.5. The van der Waals surface area contributed by atoms with E-state index < -0.39 is 11.2 Å². The van der Waals surface area contributed by atoms with E-state index in [0.717, 1.165) is 36.0 Å². The van der Waals surface area contributed by atoms with Crippen LogP contribution in [0.25, 0.3) is 6.08 Å². The number of ether oxygens (including phenoxy) is 3. The first-order valence-corrected chi connectivity index (χ1v) is 14.3. The molecule has 0 unspecified atom stereocenters. The van der Waals surface area contributed by atoms with Gasteiger partial charge in [0, 0.05) is 13.7 Å². The molecule has 1 saturated heterocycles. The lowest BCUT2D eigenvalue weighted by Crippen LogP contribution is -2.52. The van der Waals surface area contributed by atoms with Crippen molar-refractivity contribution in [2.75, 3.05) is 20.3 Å². The van der Waals surface area contributed by atoms with Crippen molar-refractivity contribution in [3.05, 3.63) is 114 Å². The zero-order chi connectivity index (χ0) is 28.6. The van der Waals surface area contributed by atoms with Gasteiger partial charge in [-0.25, -0.2) is 4.79 Å². The number of hydrogen-bond acceptors (Lipinski definition) is 4. The standard InChI is InChI=1S/C35H43NO4/c1-6-27-20-22-28(23-21-27)15-13-14-24-39-31-25-32(36(26-31)33(37)40-34(2,3)4)35(38-5,29-16-9-7-10-17-29)30-18-11-8-12-19-30/h6-12,16-23,31-32H,1,13-15,24-26H2,2-5H3/t31-,32+/m1/s1. The predicted molar refractivity (Wildman–Crippen MR) is 161 cm³/mol. The summed E-state index contributed by atoms with van der Waals surface area (Å²) in [5.41, 5.74) is 2.94. The fraction of sp³-hybridized carbons (Fsp3) is 0.400. The predicted octanol–water partition coefficient (Wildman–Crippen LogP) is 7.64.